The van der Waals surface area contributed by atoms with Crippen LogP contribution >= 0.6 is 0 Å². The number of carbonyl (C=O) groups is 3. The summed E-state index contributed by atoms with van der Waals surface area (Å²) in [6.07, 6.45) is 4.13. The van der Waals surface area contributed by atoms with Gasteiger partial charge in [0, 0.05) is 23.3 Å². The lowest BCUT2D eigenvalue weighted by Crippen LogP contribution is -2.64. The van der Waals surface area contributed by atoms with Crippen molar-refractivity contribution >= 4 is 17.9 Å². The van der Waals surface area contributed by atoms with Crippen LogP contribution in [-0.2, 0) is 23.8 Å². The fraction of sp³-hybridized carbons (Fsp3) is 0.848. The van der Waals surface area contributed by atoms with Gasteiger partial charge in [-0.1, -0.05) is 33.3 Å². The van der Waals surface area contributed by atoms with Crippen molar-refractivity contribution in [1.29, 1.82) is 0 Å². The Kier molecular flexibility index (Phi) is 9.13. The third-order valence-corrected chi connectivity index (χ3v) is 11.6. The van der Waals surface area contributed by atoms with Gasteiger partial charge in [0.25, 0.3) is 0 Å². The summed E-state index contributed by atoms with van der Waals surface area (Å²) in [5.74, 6) is -1.06. The lowest BCUT2D eigenvalue weighted by Gasteiger charge is -2.62. The number of nitrogens with zero attached hydrogens (tertiary/aromatic N) is 1. The number of hydrogen-bond acceptors (Lipinski definition) is 7. The Balaban J connectivity index is 1.48. The molecular formula is C33H51NO8. The standard InChI is InChI=1S/C33H51NO8/c1-17(2)11-19-7-8-21-20-9-10-23-22-14-40-16-33(23,24(20)12-26(35)29(21)28(19)31(36)37)13-27(42-32(38)39)30(22)41-15-25(18(3)4)34(5)6/h12,17-23,25,27-30H,7-11,13-16H2,1-6H3,(H,36,37)(H,38,39)/t19?,20?,21?,22?,23?,25?,27-,28-,29?,30-,33+/m1/s1. The highest BCUT2D eigenvalue weighted by molar-refractivity contribution is 5.97. The molecule has 0 aromatic rings. The quantitative estimate of drug-likeness (QED) is 0.359. The summed E-state index contributed by atoms with van der Waals surface area (Å²) < 4.78 is 18.4. The maximum atomic E-state index is 14.0. The van der Waals surface area contributed by atoms with E-state index < -0.39 is 41.6 Å². The third-order valence-electron chi connectivity index (χ3n) is 11.6. The van der Waals surface area contributed by atoms with Crippen molar-refractivity contribution in [3.05, 3.63) is 11.6 Å². The van der Waals surface area contributed by atoms with Crippen molar-refractivity contribution in [2.24, 2.45) is 58.7 Å². The van der Waals surface area contributed by atoms with Gasteiger partial charge in [0.2, 0.25) is 0 Å². The zero-order valence-corrected chi connectivity index (χ0v) is 26.2. The summed E-state index contributed by atoms with van der Waals surface area (Å²) in [7, 11) is 4.06. The molecule has 1 saturated heterocycles. The normalized spacial score (nSPS) is 40.2. The Morgan fingerprint density at radius 2 is 1.83 bits per heavy atom. The highest BCUT2D eigenvalue weighted by Crippen LogP contribution is 2.64. The number of likely N-dealkylation sites (N-methyl/N-ethyl adjacent to an activating group) is 1. The summed E-state index contributed by atoms with van der Waals surface area (Å²) in [5, 5.41) is 20.1. The second-order valence-corrected chi connectivity index (χ2v) is 14.8. The zero-order chi connectivity index (χ0) is 30.5. The van der Waals surface area contributed by atoms with Gasteiger partial charge in [-0.3, -0.25) is 9.59 Å². The molecule has 2 N–H and O–H groups in total. The first-order valence-corrected chi connectivity index (χ1v) is 16.1. The van der Waals surface area contributed by atoms with Crippen molar-refractivity contribution in [3.63, 3.8) is 0 Å². The average Bonchev–Trinajstić information content (AvgIpc) is 2.88. The first-order chi connectivity index (χ1) is 19.9. The second-order valence-electron chi connectivity index (χ2n) is 14.8. The highest BCUT2D eigenvalue weighted by Gasteiger charge is 2.64. The molecule has 1 heterocycles. The number of carbonyl (C=O) groups excluding carboxylic acids is 1. The minimum absolute atomic E-state index is 0.00239. The van der Waals surface area contributed by atoms with E-state index in [1.807, 2.05) is 14.1 Å². The van der Waals surface area contributed by atoms with Gasteiger partial charge in [0.15, 0.2) is 5.78 Å². The Hall–Kier alpha value is -1.97. The van der Waals surface area contributed by atoms with Crippen LogP contribution in [0.25, 0.3) is 0 Å². The molecule has 3 saturated carbocycles. The van der Waals surface area contributed by atoms with Crippen LogP contribution in [0.1, 0.15) is 66.2 Å². The molecule has 5 rings (SSSR count). The zero-order valence-electron chi connectivity index (χ0n) is 26.2. The fourth-order valence-electron chi connectivity index (χ4n) is 10.0. The lowest BCUT2D eigenvalue weighted by molar-refractivity contribution is -0.220. The summed E-state index contributed by atoms with van der Waals surface area (Å²) in [6.45, 7) is 9.91. The van der Waals surface area contributed by atoms with E-state index in [1.165, 1.54) is 0 Å². The van der Waals surface area contributed by atoms with E-state index in [-0.39, 0.29) is 41.4 Å². The molecule has 4 aliphatic carbocycles. The van der Waals surface area contributed by atoms with Crippen molar-refractivity contribution < 1.29 is 38.8 Å². The first-order valence-electron chi connectivity index (χ1n) is 16.1. The van der Waals surface area contributed by atoms with Crippen LogP contribution in [0.5, 0.6) is 0 Å². The number of fused-ring (bicyclic) bond motifs is 3. The molecule has 236 valence electrons. The fourth-order valence-corrected chi connectivity index (χ4v) is 10.0. The van der Waals surface area contributed by atoms with E-state index >= 15 is 0 Å². The van der Waals surface area contributed by atoms with E-state index in [2.05, 4.69) is 32.6 Å². The Morgan fingerprint density at radius 1 is 1.10 bits per heavy atom. The van der Waals surface area contributed by atoms with E-state index in [9.17, 15) is 24.6 Å². The summed E-state index contributed by atoms with van der Waals surface area (Å²) in [6, 6.07) is 0.172. The maximum absolute atomic E-state index is 14.0. The Bertz CT molecular complexity index is 1060. The largest absolute Gasteiger partial charge is 0.506 e. The van der Waals surface area contributed by atoms with Crippen LogP contribution in [0.15, 0.2) is 11.6 Å². The van der Waals surface area contributed by atoms with Crippen molar-refractivity contribution in [3.8, 4) is 0 Å². The van der Waals surface area contributed by atoms with Crippen LogP contribution in [0.4, 0.5) is 4.79 Å². The monoisotopic (exact) mass is 589 g/mol. The van der Waals surface area contributed by atoms with Crippen LogP contribution in [-0.4, -0.2) is 85.2 Å². The Morgan fingerprint density at radius 3 is 2.45 bits per heavy atom. The molecule has 42 heavy (non-hydrogen) atoms. The van der Waals surface area contributed by atoms with E-state index in [0.29, 0.717) is 38.1 Å². The molecule has 7 unspecified atom stereocenters. The summed E-state index contributed by atoms with van der Waals surface area (Å²) in [4.78, 5) is 40.6. The molecule has 11 atom stereocenters. The number of carboxylic acids is 1. The molecule has 4 fully saturated rings. The van der Waals surface area contributed by atoms with Gasteiger partial charge >= 0.3 is 12.1 Å². The molecule has 0 spiro atoms. The number of allylic oxidation sites excluding steroid dienone is 1. The summed E-state index contributed by atoms with van der Waals surface area (Å²) in [5.41, 5.74) is 0.561. The second kappa shape index (κ2) is 12.2. The molecule has 0 aromatic heterocycles. The van der Waals surface area contributed by atoms with Gasteiger partial charge in [-0.2, -0.15) is 0 Å². The smallest absolute Gasteiger partial charge is 0.481 e. The van der Waals surface area contributed by atoms with E-state index in [0.717, 1.165) is 37.7 Å². The Labute approximate surface area is 250 Å². The van der Waals surface area contributed by atoms with Gasteiger partial charge < -0.3 is 29.3 Å². The van der Waals surface area contributed by atoms with Gasteiger partial charge in [-0.05, 0) is 94.2 Å². The number of aliphatic carboxylic acids is 1. The van der Waals surface area contributed by atoms with Crippen LogP contribution < -0.4 is 0 Å². The molecule has 1 aliphatic heterocycles. The maximum Gasteiger partial charge on any atom is 0.506 e. The lowest BCUT2D eigenvalue weighted by atomic mass is 9.45. The van der Waals surface area contributed by atoms with Gasteiger partial charge in [-0.25, -0.2) is 4.79 Å². The van der Waals surface area contributed by atoms with Crippen LogP contribution in [0, 0.1) is 58.7 Å². The molecule has 2 bridgehead atoms. The van der Waals surface area contributed by atoms with Crippen LogP contribution in [0.3, 0.4) is 0 Å². The van der Waals surface area contributed by atoms with Crippen molar-refractivity contribution in [1.82, 2.24) is 4.90 Å². The molecule has 0 amide bonds. The van der Waals surface area contributed by atoms with Gasteiger partial charge in [0.05, 0.1) is 31.8 Å². The number of ketones is 1. The molecule has 9 nitrogen and oxygen atoms in total. The minimum atomic E-state index is -1.32. The predicted molar refractivity (Wildman–Crippen MR) is 156 cm³/mol. The third kappa shape index (κ3) is 5.54. The van der Waals surface area contributed by atoms with E-state index in [4.69, 9.17) is 14.2 Å². The number of carboxylic acid groups (broad SMARTS) is 2. The predicted octanol–water partition coefficient (Wildman–Crippen LogP) is 4.98. The number of rotatable bonds is 9. The molecule has 0 radical (unpaired) electrons. The molecular weight excluding hydrogens is 538 g/mol. The topological polar surface area (TPSA) is 123 Å². The van der Waals surface area contributed by atoms with E-state index in [1.54, 1.807) is 6.08 Å². The summed E-state index contributed by atoms with van der Waals surface area (Å²) >= 11 is 0. The van der Waals surface area contributed by atoms with Crippen LogP contribution in [0.2, 0.25) is 0 Å². The van der Waals surface area contributed by atoms with Gasteiger partial charge in [0.1, 0.15) is 6.10 Å². The molecule has 5 aliphatic rings. The first kappa shape index (κ1) is 31.5. The number of hydrogen-bond donors (Lipinski definition) is 2. The molecule has 0 aromatic carbocycles. The van der Waals surface area contributed by atoms with Gasteiger partial charge in [-0.15, -0.1) is 0 Å². The number of ether oxygens (including phenoxy) is 3. The minimum Gasteiger partial charge on any atom is -0.481 e. The van der Waals surface area contributed by atoms with Crippen molar-refractivity contribution in [2.45, 2.75) is 84.5 Å². The van der Waals surface area contributed by atoms with Crippen molar-refractivity contribution in [2.75, 3.05) is 33.9 Å². The average molecular weight is 590 g/mol. The SMILES string of the molecule is CC(C)CC1CCC2C3CCC4C5COC[C@]4(C[C@@H](OC(=O)O)[C@@H]5OCC(C(C)C)N(C)C)C3=CC(=O)C2[C@@H]1C(=O)O. The molecule has 9 heteroatoms. The highest BCUT2D eigenvalue weighted by atomic mass is 16.7.